The van der Waals surface area contributed by atoms with Crippen LogP contribution in [-0.4, -0.2) is 26.7 Å². The summed E-state index contributed by atoms with van der Waals surface area (Å²) in [6, 6.07) is 0. The topological polar surface area (TPSA) is 64.3 Å². The fraction of sp³-hybridized carbons (Fsp3) is 0.833. The molecule has 0 saturated carbocycles. The Morgan fingerprint density at radius 2 is 2.64 bits per heavy atom. The van der Waals surface area contributed by atoms with Crippen molar-refractivity contribution in [2.45, 2.75) is 18.7 Å². The van der Waals surface area contributed by atoms with Gasteiger partial charge in [0.25, 0.3) is 7.48 Å². The van der Waals surface area contributed by atoms with E-state index in [-0.39, 0.29) is 12.6 Å². The van der Waals surface area contributed by atoms with Crippen LogP contribution in [-0.2, 0) is 9.45 Å². The minimum Gasteiger partial charge on any atom is -0.427 e. The van der Waals surface area contributed by atoms with E-state index in [1.54, 1.807) is 0 Å². The van der Waals surface area contributed by atoms with E-state index in [0.29, 0.717) is 19.7 Å². The van der Waals surface area contributed by atoms with E-state index in [9.17, 15) is 4.79 Å². The van der Waals surface area contributed by atoms with Gasteiger partial charge >= 0.3 is 0 Å². The first-order valence-electron chi connectivity index (χ1n) is 3.87. The van der Waals surface area contributed by atoms with Crippen molar-refractivity contribution in [3.63, 3.8) is 0 Å². The normalized spacial score (nSPS) is 24.5. The third-order valence-corrected chi connectivity index (χ3v) is 1.84. The van der Waals surface area contributed by atoms with E-state index in [0.717, 1.165) is 13.0 Å². The largest absolute Gasteiger partial charge is 0.427 e. The van der Waals surface area contributed by atoms with Gasteiger partial charge in [-0.25, -0.2) is 0 Å². The number of amides is 1. The quantitative estimate of drug-likeness (QED) is 0.405. The summed E-state index contributed by atoms with van der Waals surface area (Å²) in [6.07, 6.45) is 1.55. The molecule has 1 amide bonds. The molecule has 0 radical (unpaired) electrons. The Labute approximate surface area is 66.7 Å². The van der Waals surface area contributed by atoms with Crippen molar-refractivity contribution in [3.8, 4) is 0 Å². The Balaban J connectivity index is 2.12. The summed E-state index contributed by atoms with van der Waals surface area (Å²) in [4.78, 5) is 10.7. The monoisotopic (exact) mass is 156 g/mol. The minimum absolute atomic E-state index is 0.147. The van der Waals surface area contributed by atoms with Crippen molar-refractivity contribution in [2.75, 3.05) is 13.3 Å². The van der Waals surface area contributed by atoms with Gasteiger partial charge < -0.3 is 15.7 Å². The zero-order chi connectivity index (χ0) is 8.10. The second-order valence-corrected chi connectivity index (χ2v) is 2.75. The molecule has 62 valence electrons. The van der Waals surface area contributed by atoms with Gasteiger partial charge in [-0.15, -0.1) is 0 Å². The van der Waals surface area contributed by atoms with Crippen LogP contribution in [0.15, 0.2) is 0 Å². The maximum Gasteiger partial charge on any atom is 0.281 e. The smallest absolute Gasteiger partial charge is 0.281 e. The Hall–Kier alpha value is -0.545. The average Bonchev–Trinajstić information content (AvgIpc) is 2.04. The Kier molecular flexibility index (Phi) is 3.39. The molecule has 1 heterocycles. The Bertz CT molecular complexity index is 133. The first-order chi connectivity index (χ1) is 5.33. The molecule has 11 heavy (non-hydrogen) atoms. The number of carbonyl (C=O) groups excluding carboxylic acids is 1. The molecule has 1 saturated heterocycles. The zero-order valence-corrected chi connectivity index (χ0v) is 6.51. The highest BCUT2D eigenvalue weighted by Crippen LogP contribution is 2.14. The Morgan fingerprint density at radius 3 is 3.18 bits per heavy atom. The minimum atomic E-state index is 0.147. The lowest BCUT2D eigenvalue weighted by atomic mass is 9.75. The van der Waals surface area contributed by atoms with Gasteiger partial charge in [-0.1, -0.05) is 0 Å². The van der Waals surface area contributed by atoms with Crippen molar-refractivity contribution >= 4 is 13.4 Å². The molecule has 1 atom stereocenters. The van der Waals surface area contributed by atoms with Crippen molar-refractivity contribution < 1.29 is 9.45 Å². The lowest BCUT2D eigenvalue weighted by Gasteiger charge is -2.20. The predicted molar refractivity (Wildman–Crippen MR) is 43.3 cm³/mol. The van der Waals surface area contributed by atoms with Crippen LogP contribution in [0.25, 0.3) is 0 Å². The van der Waals surface area contributed by atoms with E-state index in [2.05, 4.69) is 5.32 Å². The molecule has 5 heteroatoms. The van der Waals surface area contributed by atoms with Crippen molar-refractivity contribution in [1.29, 1.82) is 0 Å². The molecule has 4 nitrogen and oxygen atoms in total. The van der Waals surface area contributed by atoms with Gasteiger partial charge in [-0.05, 0) is 12.2 Å². The molecular weight excluding hydrogens is 143 g/mol. The summed E-state index contributed by atoms with van der Waals surface area (Å²) in [5, 5.41) is 2.78. The molecule has 0 bridgehead atoms. The third kappa shape index (κ3) is 2.90. The van der Waals surface area contributed by atoms with E-state index in [4.69, 9.17) is 10.4 Å². The number of hydrogen-bond acceptors (Lipinski definition) is 3. The lowest BCUT2D eigenvalue weighted by molar-refractivity contribution is -0.122. The highest BCUT2D eigenvalue weighted by molar-refractivity contribution is 6.29. The second-order valence-electron chi connectivity index (χ2n) is 2.75. The summed E-state index contributed by atoms with van der Waals surface area (Å²) in [7, 11) is 0.663. The van der Waals surface area contributed by atoms with Gasteiger partial charge in [-0.2, -0.15) is 0 Å². The molecule has 1 aliphatic heterocycles. The number of nitrogens with one attached hydrogen (secondary N) is 1. The standard InChI is InChI=1S/C6H13BN2O2/c8-4-11-7-5-1-2-6(10)9-3-5/h5,7H,1-4,8H2,(H,9,10)/t5-/m0/s1. The molecule has 1 fully saturated rings. The van der Waals surface area contributed by atoms with Crippen molar-refractivity contribution in [1.82, 2.24) is 5.32 Å². The van der Waals surface area contributed by atoms with Crippen LogP contribution in [0.3, 0.4) is 0 Å². The molecule has 0 spiro atoms. The molecule has 0 aromatic heterocycles. The predicted octanol–water partition coefficient (Wildman–Crippen LogP) is -1.03. The van der Waals surface area contributed by atoms with E-state index in [1.165, 1.54) is 0 Å². The molecule has 0 unspecified atom stereocenters. The maximum atomic E-state index is 10.7. The number of piperidine rings is 1. The number of carbonyl (C=O) groups is 1. The molecule has 0 aromatic carbocycles. The molecule has 1 rings (SSSR count). The summed E-state index contributed by atoms with van der Waals surface area (Å²) in [5.74, 6) is 0.602. The summed E-state index contributed by atoms with van der Waals surface area (Å²) >= 11 is 0. The first-order valence-corrected chi connectivity index (χ1v) is 3.87. The van der Waals surface area contributed by atoms with Crippen LogP contribution < -0.4 is 11.1 Å². The SMILES string of the molecule is NCOB[C@H]1CCC(=O)NC1. The van der Waals surface area contributed by atoms with Gasteiger partial charge in [0, 0.05) is 13.0 Å². The highest BCUT2D eigenvalue weighted by Gasteiger charge is 2.18. The fourth-order valence-corrected chi connectivity index (χ4v) is 1.16. The molecule has 0 aliphatic carbocycles. The Morgan fingerprint density at radius 1 is 1.82 bits per heavy atom. The van der Waals surface area contributed by atoms with Gasteiger partial charge in [-0.3, -0.25) is 4.79 Å². The number of nitrogens with two attached hydrogens (primary N) is 1. The average molecular weight is 156 g/mol. The van der Waals surface area contributed by atoms with Crippen LogP contribution in [0.1, 0.15) is 12.8 Å². The van der Waals surface area contributed by atoms with Gasteiger partial charge in [0.15, 0.2) is 0 Å². The molecule has 3 N–H and O–H groups in total. The maximum absolute atomic E-state index is 10.7. The van der Waals surface area contributed by atoms with Gasteiger partial charge in [0.05, 0.1) is 6.73 Å². The van der Waals surface area contributed by atoms with Crippen LogP contribution in [0.2, 0.25) is 5.82 Å². The van der Waals surface area contributed by atoms with Crippen LogP contribution in [0.5, 0.6) is 0 Å². The molecule has 0 aromatic rings. The van der Waals surface area contributed by atoms with Crippen molar-refractivity contribution in [2.24, 2.45) is 5.73 Å². The van der Waals surface area contributed by atoms with E-state index >= 15 is 0 Å². The second kappa shape index (κ2) is 4.36. The zero-order valence-electron chi connectivity index (χ0n) is 6.51. The van der Waals surface area contributed by atoms with Crippen LogP contribution >= 0.6 is 0 Å². The van der Waals surface area contributed by atoms with Crippen LogP contribution in [0.4, 0.5) is 0 Å². The van der Waals surface area contributed by atoms with Crippen LogP contribution in [0, 0.1) is 0 Å². The van der Waals surface area contributed by atoms with Gasteiger partial charge in [0.1, 0.15) is 0 Å². The summed E-state index contributed by atoms with van der Waals surface area (Å²) in [6.45, 7) is 1.00. The molecule has 1 aliphatic rings. The van der Waals surface area contributed by atoms with E-state index < -0.39 is 0 Å². The molecular formula is C6H13BN2O2. The van der Waals surface area contributed by atoms with Crippen molar-refractivity contribution in [3.05, 3.63) is 0 Å². The first kappa shape index (κ1) is 8.55. The number of hydrogen-bond donors (Lipinski definition) is 2. The van der Waals surface area contributed by atoms with Gasteiger partial charge in [0.2, 0.25) is 5.91 Å². The number of rotatable bonds is 3. The summed E-state index contributed by atoms with van der Waals surface area (Å²) in [5.41, 5.74) is 5.16. The summed E-state index contributed by atoms with van der Waals surface area (Å²) < 4.78 is 5.03. The third-order valence-electron chi connectivity index (χ3n) is 1.84. The highest BCUT2D eigenvalue weighted by atomic mass is 16.4. The van der Waals surface area contributed by atoms with E-state index in [1.807, 2.05) is 0 Å². The fourth-order valence-electron chi connectivity index (χ4n) is 1.16. The lowest BCUT2D eigenvalue weighted by Crippen LogP contribution is -2.35.